The van der Waals surface area contributed by atoms with Crippen LogP contribution in [0.15, 0.2) is 36.4 Å². The lowest BCUT2D eigenvalue weighted by molar-refractivity contribution is 0.100. The van der Waals surface area contributed by atoms with Crippen molar-refractivity contribution >= 4 is 29.3 Å². The molecule has 4 rings (SSSR count). The first kappa shape index (κ1) is 18.4. The molecular formula is C20H23ClN4O. The van der Waals surface area contributed by atoms with Crippen molar-refractivity contribution in [2.75, 3.05) is 0 Å². The molecule has 2 aromatic carbocycles. The number of nitrogens with two attached hydrogens (primary N) is 1. The summed E-state index contributed by atoms with van der Waals surface area (Å²) in [6, 6.07) is 11.8. The maximum atomic E-state index is 11.6. The number of imidazole rings is 1. The van der Waals surface area contributed by atoms with Gasteiger partial charge < -0.3 is 10.7 Å². The van der Waals surface area contributed by atoms with Crippen molar-refractivity contribution in [3.63, 3.8) is 0 Å². The number of benzene rings is 2. The average Bonchev–Trinajstić information content (AvgIpc) is 3.03. The minimum Gasteiger partial charge on any atom is -0.366 e. The fourth-order valence-electron chi connectivity index (χ4n) is 4.04. The number of rotatable bonds is 2. The van der Waals surface area contributed by atoms with Crippen molar-refractivity contribution in [2.45, 2.75) is 38.8 Å². The van der Waals surface area contributed by atoms with E-state index in [0.29, 0.717) is 11.1 Å². The number of nitrogens with one attached hydrogen (secondary N) is 2. The van der Waals surface area contributed by atoms with Crippen molar-refractivity contribution in [2.24, 2.45) is 5.73 Å². The highest BCUT2D eigenvalue weighted by Crippen LogP contribution is 2.42. The molecule has 4 N–H and O–H groups in total. The minimum absolute atomic E-state index is 0. The molecule has 2 heterocycles. The van der Waals surface area contributed by atoms with E-state index in [1.54, 1.807) is 6.07 Å². The van der Waals surface area contributed by atoms with E-state index < -0.39 is 5.91 Å². The van der Waals surface area contributed by atoms with Crippen molar-refractivity contribution in [3.8, 4) is 11.4 Å². The maximum Gasteiger partial charge on any atom is 0.250 e. The molecule has 1 aliphatic rings. The van der Waals surface area contributed by atoms with Gasteiger partial charge in [0.15, 0.2) is 0 Å². The summed E-state index contributed by atoms with van der Waals surface area (Å²) in [5, 5.41) is 3.67. The zero-order valence-electron chi connectivity index (χ0n) is 15.3. The number of carbonyl (C=O) groups is 1. The van der Waals surface area contributed by atoms with E-state index in [4.69, 9.17) is 5.73 Å². The number of aromatic amines is 1. The molecule has 0 fully saturated rings. The van der Waals surface area contributed by atoms with E-state index >= 15 is 0 Å². The third-order valence-electron chi connectivity index (χ3n) is 5.04. The molecule has 0 saturated carbocycles. The van der Waals surface area contributed by atoms with Crippen molar-refractivity contribution in [1.82, 2.24) is 15.3 Å². The van der Waals surface area contributed by atoms with Crippen LogP contribution < -0.4 is 11.1 Å². The Morgan fingerprint density at radius 2 is 1.73 bits per heavy atom. The molecule has 3 aromatic rings. The predicted molar refractivity (Wildman–Crippen MR) is 106 cm³/mol. The number of aromatic nitrogens is 2. The van der Waals surface area contributed by atoms with Crippen LogP contribution in [0.4, 0.5) is 0 Å². The van der Waals surface area contributed by atoms with Gasteiger partial charge in [-0.3, -0.25) is 10.1 Å². The molecule has 6 heteroatoms. The summed E-state index contributed by atoms with van der Waals surface area (Å²) in [6.07, 6.45) is 0. The lowest BCUT2D eigenvalue weighted by atomic mass is 9.89. The maximum absolute atomic E-state index is 11.6. The van der Waals surface area contributed by atoms with E-state index in [1.165, 1.54) is 11.1 Å². The largest absolute Gasteiger partial charge is 0.366 e. The van der Waals surface area contributed by atoms with Crippen LogP contribution in [0.3, 0.4) is 0 Å². The molecule has 0 spiro atoms. The fourth-order valence-corrected chi connectivity index (χ4v) is 4.04. The Bertz CT molecular complexity index is 1020. The number of halogens is 1. The van der Waals surface area contributed by atoms with Gasteiger partial charge in [-0.15, -0.1) is 12.4 Å². The van der Waals surface area contributed by atoms with E-state index in [2.05, 4.69) is 61.2 Å². The number of carbonyl (C=O) groups excluding carboxylic acids is 1. The number of H-pyrrole nitrogens is 1. The van der Waals surface area contributed by atoms with Crippen LogP contribution >= 0.6 is 12.4 Å². The predicted octanol–water partition coefficient (Wildman–Crippen LogP) is 3.82. The fraction of sp³-hybridized carbons (Fsp3) is 0.300. The normalized spacial score (nSPS) is 16.9. The minimum atomic E-state index is -0.468. The Kier molecular flexibility index (Phi) is 4.13. The van der Waals surface area contributed by atoms with Crippen LogP contribution in [-0.2, 0) is 11.1 Å². The summed E-state index contributed by atoms with van der Waals surface area (Å²) in [6.45, 7) is 8.77. The molecule has 26 heavy (non-hydrogen) atoms. The number of primary amides is 1. The number of hydrogen-bond acceptors (Lipinski definition) is 3. The Balaban J connectivity index is 0.00000196. The third-order valence-corrected chi connectivity index (χ3v) is 5.04. The number of fused-ring (bicyclic) bond motifs is 2. The molecule has 1 amide bonds. The lowest BCUT2D eigenvalue weighted by Gasteiger charge is -2.25. The van der Waals surface area contributed by atoms with Gasteiger partial charge in [-0.25, -0.2) is 4.98 Å². The van der Waals surface area contributed by atoms with Crippen molar-refractivity contribution in [1.29, 1.82) is 0 Å². The van der Waals surface area contributed by atoms with Crippen LogP contribution in [0.1, 0.15) is 49.2 Å². The lowest BCUT2D eigenvalue weighted by Crippen LogP contribution is -2.39. The first-order valence-corrected chi connectivity index (χ1v) is 8.42. The molecule has 1 aliphatic heterocycles. The van der Waals surface area contributed by atoms with Gasteiger partial charge in [-0.2, -0.15) is 0 Å². The molecule has 0 unspecified atom stereocenters. The van der Waals surface area contributed by atoms with Crippen molar-refractivity contribution in [3.05, 3.63) is 53.1 Å². The highest BCUT2D eigenvalue weighted by atomic mass is 35.5. The van der Waals surface area contributed by atoms with Gasteiger partial charge in [-0.1, -0.05) is 18.2 Å². The van der Waals surface area contributed by atoms with Gasteiger partial charge in [0.25, 0.3) is 5.91 Å². The van der Waals surface area contributed by atoms with Crippen LogP contribution in [0.25, 0.3) is 22.4 Å². The smallest absolute Gasteiger partial charge is 0.250 e. The van der Waals surface area contributed by atoms with Crippen LogP contribution in [-0.4, -0.2) is 15.9 Å². The number of para-hydroxylation sites is 1. The number of nitrogens with zero attached hydrogens (tertiary/aromatic N) is 1. The SMILES string of the molecule is CC1(C)NC(C)(C)c2cc(-c3nc4c(C(N)=O)cccc4[nH]3)ccc21.Cl. The summed E-state index contributed by atoms with van der Waals surface area (Å²) in [5.74, 6) is 0.275. The van der Waals surface area contributed by atoms with E-state index in [9.17, 15) is 4.79 Å². The molecule has 136 valence electrons. The second-order valence-electron chi connectivity index (χ2n) is 7.79. The van der Waals surface area contributed by atoms with Crippen LogP contribution in [0.2, 0.25) is 0 Å². The van der Waals surface area contributed by atoms with E-state index in [0.717, 1.165) is 16.9 Å². The Hall–Kier alpha value is -2.37. The topological polar surface area (TPSA) is 83.8 Å². The first-order valence-electron chi connectivity index (χ1n) is 8.42. The van der Waals surface area contributed by atoms with Gasteiger partial charge >= 0.3 is 0 Å². The second kappa shape index (κ2) is 5.83. The summed E-state index contributed by atoms with van der Waals surface area (Å²) in [7, 11) is 0. The van der Waals surface area contributed by atoms with Gasteiger partial charge in [0, 0.05) is 16.6 Å². The summed E-state index contributed by atoms with van der Waals surface area (Å²) < 4.78 is 0. The third kappa shape index (κ3) is 2.68. The van der Waals surface area contributed by atoms with Gasteiger partial charge in [0.05, 0.1) is 11.1 Å². The highest BCUT2D eigenvalue weighted by molar-refractivity contribution is 6.04. The van der Waals surface area contributed by atoms with Crippen LogP contribution in [0, 0.1) is 0 Å². The Morgan fingerprint density at radius 1 is 1.04 bits per heavy atom. The van der Waals surface area contributed by atoms with E-state index in [1.807, 2.05) is 12.1 Å². The quantitative estimate of drug-likeness (QED) is 0.641. The second-order valence-corrected chi connectivity index (χ2v) is 7.79. The highest BCUT2D eigenvalue weighted by Gasteiger charge is 2.41. The van der Waals surface area contributed by atoms with Crippen molar-refractivity contribution < 1.29 is 4.79 Å². The Morgan fingerprint density at radius 3 is 2.42 bits per heavy atom. The van der Waals surface area contributed by atoms with Gasteiger partial charge in [0.2, 0.25) is 0 Å². The number of amides is 1. The van der Waals surface area contributed by atoms with Gasteiger partial charge in [-0.05, 0) is 57.0 Å². The molecule has 0 aliphatic carbocycles. The summed E-state index contributed by atoms with van der Waals surface area (Å²) in [5.41, 5.74) is 10.7. The molecular weight excluding hydrogens is 348 g/mol. The molecule has 0 radical (unpaired) electrons. The summed E-state index contributed by atoms with van der Waals surface area (Å²) in [4.78, 5) is 19.6. The Labute approximate surface area is 158 Å². The zero-order chi connectivity index (χ0) is 18.0. The average molecular weight is 371 g/mol. The van der Waals surface area contributed by atoms with Gasteiger partial charge in [0.1, 0.15) is 11.3 Å². The molecule has 0 bridgehead atoms. The number of hydrogen-bond donors (Lipinski definition) is 3. The van der Waals surface area contributed by atoms with E-state index in [-0.39, 0.29) is 23.5 Å². The monoisotopic (exact) mass is 370 g/mol. The molecule has 5 nitrogen and oxygen atoms in total. The zero-order valence-corrected chi connectivity index (χ0v) is 16.1. The molecule has 0 saturated heterocycles. The summed E-state index contributed by atoms with van der Waals surface area (Å²) >= 11 is 0. The molecule has 1 aromatic heterocycles. The first-order chi connectivity index (χ1) is 11.7. The standard InChI is InChI=1S/C20H22N4O.ClH/c1-19(2)13-9-8-11(10-14(13)20(3,4)24-19)18-22-15-7-5-6-12(17(21)25)16(15)23-18;/h5-10,24H,1-4H3,(H2,21,25)(H,22,23);1H. The van der Waals surface area contributed by atoms with Crippen LogP contribution in [0.5, 0.6) is 0 Å². The molecule has 0 atom stereocenters.